The number of fused-ring (bicyclic) bond motifs is 1. The highest BCUT2D eigenvalue weighted by Gasteiger charge is 2.14. The maximum Gasteiger partial charge on any atom is 0.321 e. The first-order valence-electron chi connectivity index (χ1n) is 8.61. The second kappa shape index (κ2) is 7.57. The first-order valence-corrected chi connectivity index (χ1v) is 9.43. The number of nitrogens with one attached hydrogen (secondary N) is 2. The Morgan fingerprint density at radius 2 is 1.96 bits per heavy atom. The Bertz CT molecular complexity index is 1130. The third-order valence-electron chi connectivity index (χ3n) is 4.03. The minimum Gasteiger partial charge on any atom is -0.368 e. The van der Waals surface area contributed by atoms with E-state index in [1.807, 2.05) is 31.2 Å². The fourth-order valence-electron chi connectivity index (χ4n) is 2.78. The van der Waals surface area contributed by atoms with E-state index in [2.05, 4.69) is 30.6 Å². The van der Waals surface area contributed by atoms with Crippen molar-refractivity contribution >= 4 is 38.7 Å². The van der Waals surface area contributed by atoms with E-state index in [-0.39, 0.29) is 12.0 Å². The van der Waals surface area contributed by atoms with Gasteiger partial charge in [-0.15, -0.1) is 0 Å². The van der Waals surface area contributed by atoms with Crippen molar-refractivity contribution in [2.45, 2.75) is 6.92 Å². The maximum atomic E-state index is 11.9. The number of urea groups is 1. The Hall–Kier alpha value is -3.59. The molecule has 0 fully saturated rings. The molecule has 0 aliphatic heterocycles. The van der Waals surface area contributed by atoms with Crippen molar-refractivity contribution < 1.29 is 4.79 Å². The van der Waals surface area contributed by atoms with Gasteiger partial charge in [0.1, 0.15) is 0 Å². The minimum absolute atomic E-state index is 0.222. The normalized spacial score (nSPS) is 10.8. The van der Waals surface area contributed by atoms with E-state index in [0.29, 0.717) is 11.7 Å². The molecule has 9 heteroatoms. The van der Waals surface area contributed by atoms with E-state index in [1.165, 1.54) is 11.3 Å². The molecule has 140 valence electrons. The predicted molar refractivity (Wildman–Crippen MR) is 111 cm³/mol. The summed E-state index contributed by atoms with van der Waals surface area (Å²) in [6.07, 6.45) is 6.88. The van der Waals surface area contributed by atoms with Crippen LogP contribution in [0.2, 0.25) is 0 Å². The lowest BCUT2D eigenvalue weighted by Crippen LogP contribution is -2.28. The van der Waals surface area contributed by atoms with Gasteiger partial charge in [0.15, 0.2) is 5.13 Å². The van der Waals surface area contributed by atoms with Crippen LogP contribution in [-0.4, -0.2) is 32.5 Å². The van der Waals surface area contributed by atoms with Gasteiger partial charge in [-0.3, -0.25) is 10.3 Å². The molecule has 0 aliphatic carbocycles. The van der Waals surface area contributed by atoms with Crippen LogP contribution in [0.15, 0.2) is 49.1 Å². The van der Waals surface area contributed by atoms with Crippen molar-refractivity contribution in [3.05, 3.63) is 49.1 Å². The molecule has 2 amide bonds. The number of pyridine rings is 1. The summed E-state index contributed by atoms with van der Waals surface area (Å²) in [5.74, 6) is 0.222. The lowest BCUT2D eigenvalue weighted by molar-refractivity contribution is 0.252. The molecule has 4 aromatic rings. The summed E-state index contributed by atoms with van der Waals surface area (Å²) in [6, 6.07) is 7.58. The standard InChI is InChI=1S/C19H17N7OS/c1-2-22-18(27)26-19-25-15-7-12(13-9-23-17(20)24-10-13)6-14(16(15)28-19)11-4-3-5-21-8-11/h3-10H,2H2,1H3,(H2,20,23,24)(H2,22,25,26,27). The van der Waals surface area contributed by atoms with Gasteiger partial charge in [-0.05, 0) is 30.7 Å². The van der Waals surface area contributed by atoms with E-state index >= 15 is 0 Å². The molecule has 1 aromatic carbocycles. The van der Waals surface area contributed by atoms with Crippen LogP contribution >= 0.6 is 11.3 Å². The summed E-state index contributed by atoms with van der Waals surface area (Å²) in [4.78, 5) is 28.8. The molecule has 4 rings (SSSR count). The van der Waals surface area contributed by atoms with E-state index in [4.69, 9.17) is 5.73 Å². The second-order valence-corrected chi connectivity index (χ2v) is 6.95. The Balaban J connectivity index is 1.86. The van der Waals surface area contributed by atoms with Gasteiger partial charge < -0.3 is 11.1 Å². The fourth-order valence-corrected chi connectivity index (χ4v) is 3.76. The van der Waals surface area contributed by atoms with Crippen molar-refractivity contribution in [2.24, 2.45) is 0 Å². The number of nitrogens with two attached hydrogens (primary N) is 1. The van der Waals surface area contributed by atoms with Gasteiger partial charge in [-0.1, -0.05) is 17.4 Å². The molecular weight excluding hydrogens is 374 g/mol. The summed E-state index contributed by atoms with van der Waals surface area (Å²) in [5.41, 5.74) is 10.0. The van der Waals surface area contributed by atoms with Crippen LogP contribution in [0, 0.1) is 0 Å². The maximum absolute atomic E-state index is 11.9. The molecule has 28 heavy (non-hydrogen) atoms. The largest absolute Gasteiger partial charge is 0.368 e. The van der Waals surface area contributed by atoms with Crippen molar-refractivity contribution in [3.8, 4) is 22.3 Å². The molecule has 0 saturated heterocycles. The van der Waals surface area contributed by atoms with Gasteiger partial charge in [0.2, 0.25) is 5.95 Å². The average Bonchev–Trinajstić information content (AvgIpc) is 3.10. The monoisotopic (exact) mass is 391 g/mol. The molecule has 3 aromatic heterocycles. The number of anilines is 2. The van der Waals surface area contributed by atoms with Gasteiger partial charge in [0.25, 0.3) is 0 Å². The number of aromatic nitrogens is 4. The smallest absolute Gasteiger partial charge is 0.321 e. The van der Waals surface area contributed by atoms with E-state index in [9.17, 15) is 4.79 Å². The highest BCUT2D eigenvalue weighted by molar-refractivity contribution is 7.22. The topological polar surface area (TPSA) is 119 Å². The van der Waals surface area contributed by atoms with Crippen molar-refractivity contribution in [1.82, 2.24) is 25.3 Å². The Labute approximate surface area is 164 Å². The molecule has 0 spiro atoms. The number of carbonyl (C=O) groups is 1. The molecule has 4 N–H and O–H groups in total. The zero-order valence-corrected chi connectivity index (χ0v) is 15.8. The number of amides is 2. The molecule has 0 atom stereocenters. The SMILES string of the molecule is CCNC(=O)Nc1nc2cc(-c3cnc(N)nc3)cc(-c3cccnc3)c2s1. The van der Waals surface area contributed by atoms with Crippen LogP contribution < -0.4 is 16.4 Å². The molecule has 0 bridgehead atoms. The number of hydrogen-bond donors (Lipinski definition) is 3. The van der Waals surface area contributed by atoms with Crippen molar-refractivity contribution in [2.75, 3.05) is 17.6 Å². The first kappa shape index (κ1) is 17.8. The van der Waals surface area contributed by atoms with Crippen LogP contribution in [0.4, 0.5) is 15.9 Å². The fraction of sp³-hybridized carbons (Fsp3) is 0.105. The van der Waals surface area contributed by atoms with Crippen molar-refractivity contribution in [1.29, 1.82) is 0 Å². The molecule has 0 aliphatic rings. The number of benzene rings is 1. The summed E-state index contributed by atoms with van der Waals surface area (Å²) < 4.78 is 0.958. The van der Waals surface area contributed by atoms with E-state index < -0.39 is 0 Å². The van der Waals surface area contributed by atoms with Gasteiger partial charge in [0.05, 0.1) is 10.2 Å². The summed E-state index contributed by atoms with van der Waals surface area (Å²) in [6.45, 7) is 2.40. The lowest BCUT2D eigenvalue weighted by atomic mass is 10.0. The Morgan fingerprint density at radius 3 is 2.68 bits per heavy atom. The second-order valence-electron chi connectivity index (χ2n) is 5.95. The van der Waals surface area contributed by atoms with Gasteiger partial charge in [-0.2, -0.15) is 0 Å². The summed E-state index contributed by atoms with van der Waals surface area (Å²) in [5, 5.41) is 6.01. The van der Waals surface area contributed by atoms with E-state index in [0.717, 1.165) is 32.5 Å². The molecule has 3 heterocycles. The number of thiazole rings is 1. The zero-order valence-electron chi connectivity index (χ0n) is 15.0. The lowest BCUT2D eigenvalue weighted by Gasteiger charge is -2.07. The van der Waals surface area contributed by atoms with Crippen LogP contribution in [0.5, 0.6) is 0 Å². The Morgan fingerprint density at radius 1 is 1.14 bits per heavy atom. The number of rotatable bonds is 4. The molecule has 0 radical (unpaired) electrons. The predicted octanol–water partition coefficient (Wildman–Crippen LogP) is 3.54. The third kappa shape index (κ3) is 3.60. The van der Waals surface area contributed by atoms with Crippen LogP contribution in [0.25, 0.3) is 32.5 Å². The highest BCUT2D eigenvalue weighted by atomic mass is 32.1. The molecular formula is C19H17N7OS. The minimum atomic E-state index is -0.281. The highest BCUT2D eigenvalue weighted by Crippen LogP contribution is 2.38. The molecule has 0 saturated carbocycles. The van der Waals surface area contributed by atoms with E-state index in [1.54, 1.807) is 24.8 Å². The quantitative estimate of drug-likeness (QED) is 0.490. The van der Waals surface area contributed by atoms with Gasteiger partial charge >= 0.3 is 6.03 Å². The van der Waals surface area contributed by atoms with Crippen LogP contribution in [-0.2, 0) is 0 Å². The number of nitrogen functional groups attached to an aromatic ring is 1. The van der Waals surface area contributed by atoms with Gasteiger partial charge in [-0.25, -0.2) is 19.7 Å². The van der Waals surface area contributed by atoms with Crippen LogP contribution in [0.1, 0.15) is 6.92 Å². The number of carbonyl (C=O) groups excluding carboxylic acids is 1. The Kier molecular flexibility index (Phi) is 4.81. The number of nitrogens with zero attached hydrogens (tertiary/aromatic N) is 4. The molecule has 0 unspecified atom stereocenters. The molecule has 8 nitrogen and oxygen atoms in total. The van der Waals surface area contributed by atoms with Crippen LogP contribution in [0.3, 0.4) is 0 Å². The average molecular weight is 391 g/mol. The van der Waals surface area contributed by atoms with Gasteiger partial charge in [0, 0.05) is 48.0 Å². The zero-order chi connectivity index (χ0) is 19.5. The number of hydrogen-bond acceptors (Lipinski definition) is 7. The van der Waals surface area contributed by atoms with Crippen molar-refractivity contribution in [3.63, 3.8) is 0 Å². The summed E-state index contributed by atoms with van der Waals surface area (Å²) in [7, 11) is 0. The summed E-state index contributed by atoms with van der Waals surface area (Å²) >= 11 is 1.42. The third-order valence-corrected chi connectivity index (χ3v) is 5.05. The first-order chi connectivity index (χ1) is 13.6.